The summed E-state index contributed by atoms with van der Waals surface area (Å²) in [5, 5.41) is 9.71. The second kappa shape index (κ2) is 7.66. The van der Waals surface area contributed by atoms with Crippen LogP contribution < -0.4 is 0 Å². The van der Waals surface area contributed by atoms with Gasteiger partial charge in [-0.25, -0.2) is 0 Å². The first-order valence-corrected chi connectivity index (χ1v) is 6.11. The lowest BCUT2D eigenvalue weighted by molar-refractivity contribution is -0.137. The Balaban J connectivity index is 0.000000385. The minimum atomic E-state index is -0.245. The lowest BCUT2D eigenvalue weighted by atomic mass is 9.75. The minimum absolute atomic E-state index is 0.0289. The number of methoxy groups -OCH3 is 1. The standard InChI is InChI=1S/C10H20O.C3H6O2/c1-7(2)9-5-4-8(3)6-10(9)11;1-3(4)5-2/h7-11H,4-6H2,1-3H3;1-2H3. The van der Waals surface area contributed by atoms with Gasteiger partial charge in [0.2, 0.25) is 0 Å². The molecule has 16 heavy (non-hydrogen) atoms. The molecule has 3 unspecified atom stereocenters. The lowest BCUT2D eigenvalue weighted by Gasteiger charge is -2.33. The maximum atomic E-state index is 9.71. The Morgan fingerprint density at radius 1 is 1.38 bits per heavy atom. The number of aliphatic hydroxyl groups excluding tert-OH is 1. The number of aliphatic hydroxyl groups is 1. The van der Waals surface area contributed by atoms with Crippen LogP contribution in [0.3, 0.4) is 0 Å². The molecule has 0 saturated heterocycles. The van der Waals surface area contributed by atoms with E-state index in [2.05, 4.69) is 25.5 Å². The van der Waals surface area contributed by atoms with Gasteiger partial charge in [0, 0.05) is 6.92 Å². The topological polar surface area (TPSA) is 46.5 Å². The quantitative estimate of drug-likeness (QED) is 0.704. The number of rotatable bonds is 1. The number of esters is 1. The van der Waals surface area contributed by atoms with E-state index in [0.29, 0.717) is 11.8 Å². The Hall–Kier alpha value is -0.570. The Labute approximate surface area is 99.2 Å². The van der Waals surface area contributed by atoms with E-state index in [1.807, 2.05) is 0 Å². The van der Waals surface area contributed by atoms with Crippen LogP contribution in [0.15, 0.2) is 0 Å². The minimum Gasteiger partial charge on any atom is -0.469 e. The first-order valence-electron chi connectivity index (χ1n) is 6.11. The van der Waals surface area contributed by atoms with Crippen LogP contribution in [-0.4, -0.2) is 24.3 Å². The molecule has 0 aliphatic heterocycles. The van der Waals surface area contributed by atoms with Crippen LogP contribution in [0, 0.1) is 17.8 Å². The van der Waals surface area contributed by atoms with Gasteiger partial charge >= 0.3 is 5.97 Å². The third-order valence-corrected chi connectivity index (χ3v) is 3.27. The van der Waals surface area contributed by atoms with Crippen LogP contribution in [0.2, 0.25) is 0 Å². The maximum Gasteiger partial charge on any atom is 0.302 e. The molecule has 1 fully saturated rings. The molecule has 1 aliphatic carbocycles. The summed E-state index contributed by atoms with van der Waals surface area (Å²) in [7, 11) is 1.35. The van der Waals surface area contributed by atoms with Crippen molar-refractivity contribution >= 4 is 5.97 Å². The van der Waals surface area contributed by atoms with Gasteiger partial charge in [-0.05, 0) is 30.6 Å². The molecule has 0 aromatic carbocycles. The van der Waals surface area contributed by atoms with Crippen molar-refractivity contribution < 1.29 is 14.6 Å². The molecular weight excluding hydrogens is 204 g/mol. The van der Waals surface area contributed by atoms with Crippen molar-refractivity contribution in [2.45, 2.75) is 53.1 Å². The predicted octanol–water partition coefficient (Wildman–Crippen LogP) is 2.62. The summed E-state index contributed by atoms with van der Waals surface area (Å²) in [4.78, 5) is 9.59. The Morgan fingerprint density at radius 3 is 2.19 bits per heavy atom. The molecule has 3 atom stereocenters. The zero-order chi connectivity index (χ0) is 12.7. The van der Waals surface area contributed by atoms with Crippen LogP contribution in [0.1, 0.15) is 47.0 Å². The number of hydrogen-bond donors (Lipinski definition) is 1. The average Bonchev–Trinajstić information content (AvgIpc) is 2.17. The van der Waals surface area contributed by atoms with Gasteiger partial charge in [0.25, 0.3) is 0 Å². The number of hydrogen-bond acceptors (Lipinski definition) is 3. The summed E-state index contributed by atoms with van der Waals surface area (Å²) in [6, 6.07) is 0. The van der Waals surface area contributed by atoms with E-state index in [4.69, 9.17) is 0 Å². The number of ether oxygens (including phenoxy) is 1. The van der Waals surface area contributed by atoms with Crippen LogP contribution >= 0.6 is 0 Å². The largest absolute Gasteiger partial charge is 0.469 e. The average molecular weight is 230 g/mol. The fraction of sp³-hybridized carbons (Fsp3) is 0.923. The molecule has 1 N–H and O–H groups in total. The molecule has 0 radical (unpaired) electrons. The molecule has 0 heterocycles. The molecule has 0 amide bonds. The second-order valence-corrected chi connectivity index (χ2v) is 5.09. The van der Waals surface area contributed by atoms with Crippen molar-refractivity contribution in [3.63, 3.8) is 0 Å². The summed E-state index contributed by atoms with van der Waals surface area (Å²) in [6.45, 7) is 8.02. The van der Waals surface area contributed by atoms with Crippen molar-refractivity contribution in [3.05, 3.63) is 0 Å². The van der Waals surface area contributed by atoms with E-state index >= 15 is 0 Å². The maximum absolute atomic E-state index is 9.71. The molecule has 1 aliphatic rings. The molecule has 0 spiro atoms. The first-order chi connectivity index (χ1) is 7.38. The first kappa shape index (κ1) is 15.4. The number of carbonyl (C=O) groups is 1. The van der Waals surface area contributed by atoms with Gasteiger partial charge in [-0.1, -0.05) is 27.2 Å². The smallest absolute Gasteiger partial charge is 0.302 e. The third-order valence-electron chi connectivity index (χ3n) is 3.27. The zero-order valence-electron chi connectivity index (χ0n) is 11.2. The fourth-order valence-electron chi connectivity index (χ4n) is 2.15. The van der Waals surface area contributed by atoms with Gasteiger partial charge in [-0.2, -0.15) is 0 Å². The van der Waals surface area contributed by atoms with Gasteiger partial charge in [0.1, 0.15) is 0 Å². The van der Waals surface area contributed by atoms with Gasteiger partial charge in [-0.3, -0.25) is 4.79 Å². The third kappa shape index (κ3) is 6.11. The Morgan fingerprint density at radius 2 is 1.88 bits per heavy atom. The molecule has 96 valence electrons. The van der Waals surface area contributed by atoms with Crippen molar-refractivity contribution in [1.82, 2.24) is 0 Å². The summed E-state index contributed by atoms with van der Waals surface area (Å²) >= 11 is 0. The zero-order valence-corrected chi connectivity index (χ0v) is 11.2. The van der Waals surface area contributed by atoms with Crippen LogP contribution in [-0.2, 0) is 9.53 Å². The highest BCUT2D eigenvalue weighted by atomic mass is 16.5. The van der Waals surface area contributed by atoms with E-state index < -0.39 is 0 Å². The highest BCUT2D eigenvalue weighted by Crippen LogP contribution is 2.33. The van der Waals surface area contributed by atoms with Crippen molar-refractivity contribution in [3.8, 4) is 0 Å². The van der Waals surface area contributed by atoms with Crippen LogP contribution in [0.5, 0.6) is 0 Å². The fourth-order valence-corrected chi connectivity index (χ4v) is 2.15. The van der Waals surface area contributed by atoms with E-state index in [1.54, 1.807) is 0 Å². The highest BCUT2D eigenvalue weighted by Gasteiger charge is 2.28. The molecule has 0 aromatic rings. The summed E-state index contributed by atoms with van der Waals surface area (Å²) in [6.07, 6.45) is 3.52. The van der Waals surface area contributed by atoms with Crippen molar-refractivity contribution in [2.24, 2.45) is 17.8 Å². The Kier molecular flexibility index (Phi) is 7.39. The van der Waals surface area contributed by atoms with E-state index in [-0.39, 0.29) is 12.1 Å². The van der Waals surface area contributed by atoms with Crippen LogP contribution in [0.25, 0.3) is 0 Å². The van der Waals surface area contributed by atoms with Gasteiger partial charge in [-0.15, -0.1) is 0 Å². The van der Waals surface area contributed by atoms with Crippen molar-refractivity contribution in [1.29, 1.82) is 0 Å². The normalized spacial score (nSPS) is 29.3. The van der Waals surface area contributed by atoms with E-state index in [9.17, 15) is 9.90 Å². The van der Waals surface area contributed by atoms with Gasteiger partial charge in [0.05, 0.1) is 13.2 Å². The monoisotopic (exact) mass is 230 g/mol. The van der Waals surface area contributed by atoms with E-state index in [1.165, 1.54) is 26.9 Å². The number of carbonyl (C=O) groups excluding carboxylic acids is 1. The summed E-state index contributed by atoms with van der Waals surface area (Å²) in [5.74, 6) is 1.70. The SMILES string of the molecule is CC1CCC(C(C)C)C(O)C1.COC(C)=O. The highest BCUT2D eigenvalue weighted by molar-refractivity contribution is 5.65. The lowest BCUT2D eigenvalue weighted by Crippen LogP contribution is -2.31. The van der Waals surface area contributed by atoms with E-state index in [0.717, 1.165) is 12.3 Å². The summed E-state index contributed by atoms with van der Waals surface area (Å²) < 4.78 is 4.11. The van der Waals surface area contributed by atoms with Gasteiger partial charge < -0.3 is 9.84 Å². The molecule has 3 nitrogen and oxygen atoms in total. The molecule has 0 bridgehead atoms. The second-order valence-electron chi connectivity index (χ2n) is 5.09. The molecule has 1 rings (SSSR count). The molecule has 3 heteroatoms. The summed E-state index contributed by atoms with van der Waals surface area (Å²) in [5.41, 5.74) is 0. The molecule has 0 aromatic heterocycles. The molecule has 1 saturated carbocycles. The van der Waals surface area contributed by atoms with Gasteiger partial charge in [0.15, 0.2) is 0 Å². The molecular formula is C13H26O3. The van der Waals surface area contributed by atoms with Crippen molar-refractivity contribution in [2.75, 3.05) is 7.11 Å². The predicted molar refractivity (Wildman–Crippen MR) is 65.0 cm³/mol. The Bertz CT molecular complexity index is 201. The van der Waals surface area contributed by atoms with Crippen LogP contribution in [0.4, 0.5) is 0 Å².